The SMILES string of the molecule is C=CC1CC(=O)N(c2c(N)nc[nH]c2=O)C1. The molecule has 1 amide bonds. The summed E-state index contributed by atoms with van der Waals surface area (Å²) in [6.45, 7) is 4.07. The number of nitrogens with zero attached hydrogens (tertiary/aromatic N) is 2. The van der Waals surface area contributed by atoms with Gasteiger partial charge in [0.2, 0.25) is 5.91 Å². The van der Waals surface area contributed by atoms with Gasteiger partial charge >= 0.3 is 0 Å². The minimum Gasteiger partial charge on any atom is -0.382 e. The lowest BCUT2D eigenvalue weighted by Gasteiger charge is -2.15. The molecule has 1 saturated heterocycles. The van der Waals surface area contributed by atoms with Crippen LogP contribution in [-0.4, -0.2) is 22.4 Å². The van der Waals surface area contributed by atoms with Crippen molar-refractivity contribution in [1.82, 2.24) is 9.97 Å². The molecule has 0 spiro atoms. The summed E-state index contributed by atoms with van der Waals surface area (Å²) in [4.78, 5) is 30.8. The van der Waals surface area contributed by atoms with Gasteiger partial charge in [0.1, 0.15) is 0 Å². The zero-order valence-corrected chi connectivity index (χ0v) is 8.64. The fourth-order valence-electron chi connectivity index (χ4n) is 1.78. The molecule has 1 atom stereocenters. The van der Waals surface area contributed by atoms with Crippen LogP contribution in [0.4, 0.5) is 11.5 Å². The van der Waals surface area contributed by atoms with E-state index in [0.29, 0.717) is 13.0 Å². The smallest absolute Gasteiger partial charge is 0.276 e. The molecule has 2 rings (SSSR count). The van der Waals surface area contributed by atoms with E-state index in [9.17, 15) is 9.59 Å². The minimum atomic E-state index is -0.398. The van der Waals surface area contributed by atoms with Gasteiger partial charge in [-0.05, 0) is 0 Å². The van der Waals surface area contributed by atoms with E-state index >= 15 is 0 Å². The summed E-state index contributed by atoms with van der Waals surface area (Å²) < 4.78 is 0. The van der Waals surface area contributed by atoms with Crippen molar-refractivity contribution in [3.63, 3.8) is 0 Å². The standard InChI is InChI=1S/C10H12N4O2/c1-2-6-3-7(15)14(4-6)8-9(11)12-5-13-10(8)16/h2,5-6H,1,3-4H2,(H3,11,12,13,16). The fourth-order valence-corrected chi connectivity index (χ4v) is 1.78. The number of aromatic amines is 1. The van der Waals surface area contributed by atoms with Crippen molar-refractivity contribution < 1.29 is 4.79 Å². The van der Waals surface area contributed by atoms with Crippen molar-refractivity contribution in [3.05, 3.63) is 29.3 Å². The van der Waals surface area contributed by atoms with E-state index in [-0.39, 0.29) is 23.3 Å². The van der Waals surface area contributed by atoms with E-state index < -0.39 is 5.56 Å². The average molecular weight is 220 g/mol. The topological polar surface area (TPSA) is 92.1 Å². The van der Waals surface area contributed by atoms with Crippen LogP contribution in [-0.2, 0) is 4.79 Å². The quantitative estimate of drug-likeness (QED) is 0.680. The molecule has 1 aromatic heterocycles. The highest BCUT2D eigenvalue weighted by Crippen LogP contribution is 2.25. The number of aromatic nitrogens is 2. The lowest BCUT2D eigenvalue weighted by Crippen LogP contribution is -2.31. The number of H-pyrrole nitrogens is 1. The van der Waals surface area contributed by atoms with Crippen molar-refractivity contribution in [2.45, 2.75) is 6.42 Å². The Labute approximate surface area is 91.8 Å². The molecule has 0 radical (unpaired) electrons. The molecule has 0 saturated carbocycles. The van der Waals surface area contributed by atoms with E-state index in [1.807, 2.05) is 0 Å². The summed E-state index contributed by atoms with van der Waals surface area (Å²) in [6, 6.07) is 0. The number of anilines is 2. The maximum absolute atomic E-state index is 11.7. The first-order chi connectivity index (χ1) is 7.63. The molecule has 1 unspecified atom stereocenters. The van der Waals surface area contributed by atoms with E-state index in [1.165, 1.54) is 11.2 Å². The highest BCUT2D eigenvalue weighted by Gasteiger charge is 2.31. The second kappa shape index (κ2) is 3.80. The first-order valence-electron chi connectivity index (χ1n) is 4.89. The number of hydrogen-bond donors (Lipinski definition) is 2. The normalized spacial score (nSPS) is 20.1. The average Bonchev–Trinajstić information content (AvgIpc) is 2.60. The van der Waals surface area contributed by atoms with Crippen molar-refractivity contribution in [2.24, 2.45) is 5.92 Å². The molecule has 1 fully saturated rings. The molecule has 1 aliphatic rings. The van der Waals surface area contributed by atoms with Gasteiger partial charge in [0.05, 0.1) is 6.33 Å². The summed E-state index contributed by atoms with van der Waals surface area (Å²) >= 11 is 0. The molecule has 2 heterocycles. The number of rotatable bonds is 2. The van der Waals surface area contributed by atoms with Crippen molar-refractivity contribution >= 4 is 17.4 Å². The van der Waals surface area contributed by atoms with Gasteiger partial charge in [-0.25, -0.2) is 4.98 Å². The number of nitrogens with two attached hydrogens (primary N) is 1. The Kier molecular flexibility index (Phi) is 2.47. The number of carbonyl (C=O) groups excluding carboxylic acids is 1. The number of carbonyl (C=O) groups is 1. The third kappa shape index (κ3) is 1.58. The highest BCUT2D eigenvalue weighted by molar-refractivity contribution is 5.97. The maximum atomic E-state index is 11.7. The molecule has 1 aliphatic heterocycles. The Morgan fingerprint density at radius 1 is 1.62 bits per heavy atom. The van der Waals surface area contributed by atoms with Crippen LogP contribution in [0.5, 0.6) is 0 Å². The number of nitrogen functional groups attached to an aromatic ring is 1. The van der Waals surface area contributed by atoms with E-state index in [4.69, 9.17) is 5.73 Å². The monoisotopic (exact) mass is 220 g/mol. The molecule has 3 N–H and O–H groups in total. The lowest BCUT2D eigenvalue weighted by atomic mass is 10.1. The first-order valence-corrected chi connectivity index (χ1v) is 4.89. The zero-order valence-electron chi connectivity index (χ0n) is 8.64. The molecule has 16 heavy (non-hydrogen) atoms. The van der Waals surface area contributed by atoms with Crippen LogP contribution in [0.25, 0.3) is 0 Å². The first kappa shape index (κ1) is 10.4. The second-order valence-electron chi connectivity index (χ2n) is 3.67. The van der Waals surface area contributed by atoms with Gasteiger partial charge in [-0.3, -0.25) is 9.59 Å². The van der Waals surface area contributed by atoms with Crippen molar-refractivity contribution in [3.8, 4) is 0 Å². The molecule has 0 aliphatic carbocycles. The Balaban J connectivity index is 2.42. The second-order valence-corrected chi connectivity index (χ2v) is 3.67. The van der Waals surface area contributed by atoms with Crippen LogP contribution in [0.3, 0.4) is 0 Å². The van der Waals surface area contributed by atoms with Crippen LogP contribution in [0, 0.1) is 5.92 Å². The molecular formula is C10H12N4O2. The van der Waals surface area contributed by atoms with Crippen molar-refractivity contribution in [1.29, 1.82) is 0 Å². The summed E-state index contributed by atoms with van der Waals surface area (Å²) in [6.07, 6.45) is 3.28. The van der Waals surface area contributed by atoms with Crippen LogP contribution in [0.2, 0.25) is 0 Å². The van der Waals surface area contributed by atoms with Crippen molar-refractivity contribution in [2.75, 3.05) is 17.2 Å². The van der Waals surface area contributed by atoms with E-state index in [1.54, 1.807) is 6.08 Å². The van der Waals surface area contributed by atoms with Gasteiger partial charge in [-0.2, -0.15) is 0 Å². The Bertz CT molecular complexity index is 494. The largest absolute Gasteiger partial charge is 0.382 e. The molecule has 1 aromatic rings. The predicted octanol–water partition coefficient (Wildman–Crippen LogP) is -0.109. The highest BCUT2D eigenvalue weighted by atomic mass is 16.2. The van der Waals surface area contributed by atoms with Crippen LogP contribution in [0.1, 0.15) is 6.42 Å². The third-order valence-corrected chi connectivity index (χ3v) is 2.62. The lowest BCUT2D eigenvalue weighted by molar-refractivity contribution is -0.117. The Morgan fingerprint density at radius 3 is 2.94 bits per heavy atom. The van der Waals surface area contributed by atoms with Gasteiger partial charge < -0.3 is 15.6 Å². The van der Waals surface area contributed by atoms with Gasteiger partial charge in [-0.1, -0.05) is 6.08 Å². The molecule has 6 heteroatoms. The van der Waals surface area contributed by atoms with Crippen LogP contribution in [0.15, 0.2) is 23.8 Å². The maximum Gasteiger partial charge on any atom is 0.276 e. The minimum absolute atomic E-state index is 0.0616. The summed E-state index contributed by atoms with van der Waals surface area (Å²) in [5.74, 6) is 0.00317. The summed E-state index contributed by atoms with van der Waals surface area (Å²) in [5, 5.41) is 0. The van der Waals surface area contributed by atoms with Crippen LogP contribution < -0.4 is 16.2 Å². The zero-order chi connectivity index (χ0) is 11.7. The fraction of sp³-hybridized carbons (Fsp3) is 0.300. The Hall–Kier alpha value is -2.11. The molecule has 6 nitrogen and oxygen atoms in total. The van der Waals surface area contributed by atoms with Crippen LogP contribution >= 0.6 is 0 Å². The molecule has 0 bridgehead atoms. The Morgan fingerprint density at radius 2 is 2.38 bits per heavy atom. The van der Waals surface area contributed by atoms with Gasteiger partial charge in [0.25, 0.3) is 5.56 Å². The number of hydrogen-bond acceptors (Lipinski definition) is 4. The summed E-state index contributed by atoms with van der Waals surface area (Å²) in [5.41, 5.74) is 5.34. The predicted molar refractivity (Wildman–Crippen MR) is 59.9 cm³/mol. The van der Waals surface area contributed by atoms with Gasteiger partial charge in [0, 0.05) is 18.9 Å². The van der Waals surface area contributed by atoms with E-state index in [0.717, 1.165) is 0 Å². The van der Waals surface area contributed by atoms with E-state index in [2.05, 4.69) is 16.5 Å². The summed E-state index contributed by atoms with van der Waals surface area (Å²) in [7, 11) is 0. The third-order valence-electron chi connectivity index (χ3n) is 2.62. The molecule has 84 valence electrons. The molecular weight excluding hydrogens is 208 g/mol. The number of nitrogens with one attached hydrogen (secondary N) is 1. The van der Waals surface area contributed by atoms with Gasteiger partial charge in [-0.15, -0.1) is 6.58 Å². The number of amides is 1. The van der Waals surface area contributed by atoms with Gasteiger partial charge in [0.15, 0.2) is 11.5 Å². The molecule has 0 aromatic carbocycles.